The number of nitrogens with zero attached hydrogens (tertiary/aromatic N) is 4. The van der Waals surface area contributed by atoms with Crippen LogP contribution in [0.2, 0.25) is 0 Å². The number of hydrogen-bond donors (Lipinski definition) is 0. The second kappa shape index (κ2) is 6.12. The Kier molecular flexibility index (Phi) is 3.95. The zero-order chi connectivity index (χ0) is 16.6. The summed E-state index contributed by atoms with van der Waals surface area (Å²) in [5.41, 5.74) is 0.886. The van der Waals surface area contributed by atoms with Crippen LogP contribution in [0.1, 0.15) is 0 Å². The van der Waals surface area contributed by atoms with Gasteiger partial charge < -0.3 is 4.90 Å². The third-order valence-electron chi connectivity index (χ3n) is 4.05. The summed E-state index contributed by atoms with van der Waals surface area (Å²) in [5, 5.41) is 0.903. The van der Waals surface area contributed by atoms with Gasteiger partial charge in [-0.05, 0) is 24.3 Å². The van der Waals surface area contributed by atoms with E-state index in [1.54, 1.807) is 46.1 Å². The lowest BCUT2D eigenvalue weighted by Crippen LogP contribution is -2.48. The molecule has 0 saturated carbocycles. The van der Waals surface area contributed by atoms with Crippen LogP contribution in [0.25, 0.3) is 10.3 Å². The number of hydrogen-bond acceptors (Lipinski definition) is 6. The van der Waals surface area contributed by atoms with Crippen molar-refractivity contribution in [2.24, 2.45) is 0 Å². The molecule has 6 nitrogen and oxygen atoms in total. The minimum Gasteiger partial charge on any atom is -0.345 e. The standard InChI is InChI=1S/C16H16N4O2S2/c21-24(22,13-5-2-1-3-6-13)20-11-9-19(10-12-20)16-18-14-7-4-8-17-15(14)23-16/h1-8H,9-12H2. The van der Waals surface area contributed by atoms with Crippen molar-refractivity contribution in [3.8, 4) is 0 Å². The van der Waals surface area contributed by atoms with E-state index in [2.05, 4.69) is 14.9 Å². The largest absolute Gasteiger partial charge is 0.345 e. The van der Waals surface area contributed by atoms with Crippen molar-refractivity contribution in [1.82, 2.24) is 14.3 Å². The van der Waals surface area contributed by atoms with E-state index < -0.39 is 10.0 Å². The van der Waals surface area contributed by atoms with Crippen LogP contribution in [0.3, 0.4) is 0 Å². The van der Waals surface area contributed by atoms with Gasteiger partial charge in [0.05, 0.1) is 4.90 Å². The SMILES string of the molecule is O=S(=O)(c1ccccc1)N1CCN(c2nc3cccnc3s2)CC1. The second-order valence-corrected chi connectivity index (χ2v) is 8.42. The van der Waals surface area contributed by atoms with Crippen LogP contribution < -0.4 is 4.90 Å². The van der Waals surface area contributed by atoms with E-state index in [9.17, 15) is 8.42 Å². The minimum atomic E-state index is -3.41. The molecule has 124 valence electrons. The Labute approximate surface area is 144 Å². The fraction of sp³-hybridized carbons (Fsp3) is 0.250. The lowest BCUT2D eigenvalue weighted by atomic mass is 10.4. The van der Waals surface area contributed by atoms with Crippen molar-refractivity contribution >= 4 is 36.8 Å². The van der Waals surface area contributed by atoms with Crippen LogP contribution in [0.5, 0.6) is 0 Å². The monoisotopic (exact) mass is 360 g/mol. The molecule has 0 spiro atoms. The van der Waals surface area contributed by atoms with Crippen LogP contribution >= 0.6 is 11.3 Å². The average Bonchev–Trinajstić information content (AvgIpc) is 3.07. The molecular weight excluding hydrogens is 344 g/mol. The van der Waals surface area contributed by atoms with Gasteiger partial charge in [-0.1, -0.05) is 29.5 Å². The molecule has 3 aromatic rings. The molecule has 1 aromatic carbocycles. The van der Waals surface area contributed by atoms with E-state index in [0.717, 1.165) is 15.5 Å². The van der Waals surface area contributed by atoms with Crippen molar-refractivity contribution < 1.29 is 8.42 Å². The highest BCUT2D eigenvalue weighted by Gasteiger charge is 2.29. The van der Waals surface area contributed by atoms with E-state index in [0.29, 0.717) is 31.1 Å². The number of anilines is 1. The number of aromatic nitrogens is 2. The minimum absolute atomic E-state index is 0.350. The molecule has 0 aliphatic carbocycles. The van der Waals surface area contributed by atoms with Gasteiger partial charge >= 0.3 is 0 Å². The summed E-state index contributed by atoms with van der Waals surface area (Å²) in [7, 11) is -3.41. The Morgan fingerprint density at radius 2 is 1.71 bits per heavy atom. The first-order chi connectivity index (χ1) is 11.6. The van der Waals surface area contributed by atoms with Gasteiger partial charge in [-0.25, -0.2) is 18.4 Å². The fourth-order valence-corrected chi connectivity index (χ4v) is 5.16. The van der Waals surface area contributed by atoms with Crippen molar-refractivity contribution in [2.45, 2.75) is 4.90 Å². The van der Waals surface area contributed by atoms with Crippen LogP contribution in [-0.4, -0.2) is 48.9 Å². The Bertz CT molecular complexity index is 915. The molecular formula is C16H16N4O2S2. The fourth-order valence-electron chi connectivity index (χ4n) is 2.75. The molecule has 3 heterocycles. The third kappa shape index (κ3) is 2.77. The topological polar surface area (TPSA) is 66.4 Å². The molecule has 0 N–H and O–H groups in total. The van der Waals surface area contributed by atoms with Crippen molar-refractivity contribution in [3.63, 3.8) is 0 Å². The van der Waals surface area contributed by atoms with E-state index >= 15 is 0 Å². The highest BCUT2D eigenvalue weighted by atomic mass is 32.2. The summed E-state index contributed by atoms with van der Waals surface area (Å²) in [4.78, 5) is 12.3. The smallest absolute Gasteiger partial charge is 0.243 e. The summed E-state index contributed by atoms with van der Waals surface area (Å²) in [6, 6.07) is 12.4. The number of thiazole rings is 1. The molecule has 0 bridgehead atoms. The van der Waals surface area contributed by atoms with Crippen molar-refractivity contribution in [3.05, 3.63) is 48.7 Å². The zero-order valence-corrected chi connectivity index (χ0v) is 14.5. The van der Waals surface area contributed by atoms with Crippen LogP contribution in [-0.2, 0) is 10.0 Å². The van der Waals surface area contributed by atoms with Gasteiger partial charge in [0, 0.05) is 32.4 Å². The third-order valence-corrected chi connectivity index (χ3v) is 7.00. The number of fused-ring (bicyclic) bond motifs is 1. The maximum absolute atomic E-state index is 12.7. The molecule has 1 fully saturated rings. The van der Waals surface area contributed by atoms with Gasteiger partial charge in [-0.15, -0.1) is 0 Å². The van der Waals surface area contributed by atoms with Gasteiger partial charge in [0.2, 0.25) is 10.0 Å². The van der Waals surface area contributed by atoms with Crippen molar-refractivity contribution in [2.75, 3.05) is 31.1 Å². The Morgan fingerprint density at radius 1 is 0.958 bits per heavy atom. The maximum atomic E-state index is 12.7. The second-order valence-electron chi connectivity index (χ2n) is 5.53. The maximum Gasteiger partial charge on any atom is 0.243 e. The molecule has 1 aliphatic rings. The number of rotatable bonds is 3. The number of benzene rings is 1. The summed E-state index contributed by atoms with van der Waals surface area (Å²) in [5.74, 6) is 0. The first kappa shape index (κ1) is 15.5. The van der Waals surface area contributed by atoms with Crippen LogP contribution in [0.15, 0.2) is 53.6 Å². The first-order valence-corrected chi connectivity index (χ1v) is 9.92. The Hall–Kier alpha value is -2.03. The predicted octanol–water partition coefficient (Wildman–Crippen LogP) is 2.20. The van der Waals surface area contributed by atoms with E-state index in [4.69, 9.17) is 0 Å². The highest BCUT2D eigenvalue weighted by Crippen LogP contribution is 2.28. The number of sulfonamides is 1. The molecule has 1 saturated heterocycles. The molecule has 0 radical (unpaired) electrons. The summed E-state index contributed by atoms with van der Waals surface area (Å²) >= 11 is 1.54. The number of piperazine rings is 1. The first-order valence-electron chi connectivity index (χ1n) is 7.66. The molecule has 1 aliphatic heterocycles. The molecule has 0 atom stereocenters. The molecule has 0 amide bonds. The molecule has 2 aromatic heterocycles. The number of pyridine rings is 1. The van der Waals surface area contributed by atoms with E-state index in [-0.39, 0.29) is 0 Å². The lowest BCUT2D eigenvalue weighted by molar-refractivity contribution is 0.385. The predicted molar refractivity (Wildman–Crippen MR) is 94.8 cm³/mol. The highest BCUT2D eigenvalue weighted by molar-refractivity contribution is 7.89. The van der Waals surface area contributed by atoms with E-state index in [1.807, 2.05) is 18.2 Å². The van der Waals surface area contributed by atoms with Crippen molar-refractivity contribution in [1.29, 1.82) is 0 Å². The van der Waals surface area contributed by atoms with Crippen LogP contribution in [0, 0.1) is 0 Å². The molecule has 4 rings (SSSR count). The Balaban J connectivity index is 1.50. The normalized spacial score (nSPS) is 16.6. The van der Waals surface area contributed by atoms with Crippen LogP contribution in [0.4, 0.5) is 5.13 Å². The van der Waals surface area contributed by atoms with E-state index in [1.165, 1.54) is 0 Å². The van der Waals surface area contributed by atoms with Gasteiger partial charge in [0.25, 0.3) is 0 Å². The van der Waals surface area contributed by atoms with Gasteiger partial charge in [-0.3, -0.25) is 0 Å². The average molecular weight is 360 g/mol. The molecule has 8 heteroatoms. The quantitative estimate of drug-likeness (QED) is 0.716. The Morgan fingerprint density at radius 3 is 2.42 bits per heavy atom. The lowest BCUT2D eigenvalue weighted by Gasteiger charge is -2.33. The summed E-state index contributed by atoms with van der Waals surface area (Å²) in [6.45, 7) is 2.18. The van der Waals surface area contributed by atoms with Gasteiger partial charge in [0.15, 0.2) is 5.13 Å². The molecule has 24 heavy (non-hydrogen) atoms. The zero-order valence-electron chi connectivity index (χ0n) is 12.9. The summed E-state index contributed by atoms with van der Waals surface area (Å²) in [6.07, 6.45) is 1.76. The summed E-state index contributed by atoms with van der Waals surface area (Å²) < 4.78 is 26.9. The molecule has 0 unspecified atom stereocenters. The van der Waals surface area contributed by atoms with Gasteiger partial charge in [0.1, 0.15) is 10.3 Å². The van der Waals surface area contributed by atoms with Gasteiger partial charge in [-0.2, -0.15) is 4.31 Å².